The molecule has 0 saturated carbocycles. The van der Waals surface area contributed by atoms with Crippen LogP contribution in [-0.2, 0) is 23.6 Å². The van der Waals surface area contributed by atoms with Crippen molar-refractivity contribution in [2.24, 2.45) is 0 Å². The highest BCUT2D eigenvalue weighted by Gasteiger charge is 2.26. The zero-order valence-electron chi connectivity index (χ0n) is 62.8. The lowest BCUT2D eigenvalue weighted by Crippen LogP contribution is -2.17. The number of hydrogen-bond acceptors (Lipinski definition) is 2. The van der Waals surface area contributed by atoms with Crippen LogP contribution in [0, 0.1) is 0 Å². The second-order valence-corrected chi connectivity index (χ2v) is 40.6. The van der Waals surface area contributed by atoms with Crippen LogP contribution in [0.4, 0.5) is 0 Å². The minimum Gasteiger partial charge on any atom is -0.259 e. The molecule has 0 heterocycles. The molecule has 0 saturated heterocycles. The minimum atomic E-state index is -1.69. The van der Waals surface area contributed by atoms with Crippen LogP contribution in [0.1, 0.15) is 516 Å². The van der Waals surface area contributed by atoms with E-state index in [1.165, 1.54) is 513 Å². The first-order chi connectivity index (χ1) is 43.9. The van der Waals surface area contributed by atoms with Gasteiger partial charge in [0.25, 0.3) is 0 Å². The van der Waals surface area contributed by atoms with Crippen molar-refractivity contribution in [2.75, 3.05) is 24.6 Å². The van der Waals surface area contributed by atoms with Crippen LogP contribution in [0.5, 0.6) is 0 Å². The molecule has 5 heteroatoms. The Morgan fingerprint density at radius 1 is 0.135 bits per heavy atom. The molecule has 0 aromatic heterocycles. The van der Waals surface area contributed by atoms with Gasteiger partial charge in [0.05, 0.1) is 0 Å². The van der Waals surface area contributed by atoms with Crippen molar-refractivity contribution in [3.05, 3.63) is 0 Å². The van der Waals surface area contributed by atoms with E-state index in [0.29, 0.717) is 0 Å². The third-order valence-corrected chi connectivity index (χ3v) is 31.6. The Kier molecular flexibility index (Phi) is 79.4. The SMILES string of the molecule is CCCCCCCCCCCCCCCCCCCCCP(=S)(CCCCCCCCCCCCCCCCCCCCC)NP(=S)(CCCCCCCCCCCCCCCCCCCCC)CCCCCCCCCCCCCCCCCCCCC. The van der Waals surface area contributed by atoms with E-state index in [-0.39, 0.29) is 0 Å². The smallest absolute Gasteiger partial charge is 0.0164 e. The quantitative estimate of drug-likeness (QED) is 0.0481. The van der Waals surface area contributed by atoms with E-state index in [0.717, 1.165) is 0 Å². The van der Waals surface area contributed by atoms with Gasteiger partial charge in [-0.3, -0.25) is 4.86 Å². The summed E-state index contributed by atoms with van der Waals surface area (Å²) in [6, 6.07) is 0. The summed E-state index contributed by atoms with van der Waals surface area (Å²) in [6.07, 6.45) is 112. The van der Waals surface area contributed by atoms with Crippen LogP contribution in [0.15, 0.2) is 0 Å². The van der Waals surface area contributed by atoms with Crippen molar-refractivity contribution in [2.45, 2.75) is 516 Å². The van der Waals surface area contributed by atoms with Crippen LogP contribution < -0.4 is 4.86 Å². The summed E-state index contributed by atoms with van der Waals surface area (Å²) in [7, 11) is 0. The van der Waals surface area contributed by atoms with Gasteiger partial charge in [-0.25, -0.2) is 0 Å². The van der Waals surface area contributed by atoms with E-state index in [2.05, 4.69) is 32.6 Å². The van der Waals surface area contributed by atoms with E-state index in [1.54, 1.807) is 0 Å². The molecule has 0 amide bonds. The highest BCUT2D eigenvalue weighted by atomic mass is 32.5. The average molecular weight is 1320 g/mol. The lowest BCUT2D eigenvalue weighted by molar-refractivity contribution is 0.524. The van der Waals surface area contributed by atoms with Crippen molar-refractivity contribution in [1.82, 2.24) is 4.86 Å². The number of unbranched alkanes of at least 4 members (excludes halogenated alkanes) is 72. The van der Waals surface area contributed by atoms with Crippen molar-refractivity contribution in [3.8, 4) is 0 Å². The third kappa shape index (κ3) is 74.9. The van der Waals surface area contributed by atoms with E-state index >= 15 is 0 Å². The molecule has 0 aromatic carbocycles. The van der Waals surface area contributed by atoms with Crippen molar-refractivity contribution < 1.29 is 0 Å². The Labute approximate surface area is 577 Å². The topological polar surface area (TPSA) is 12.0 Å². The molecule has 0 fully saturated rings. The average Bonchev–Trinajstić information content (AvgIpc) is 3.27. The van der Waals surface area contributed by atoms with Gasteiger partial charge in [-0.05, 0) is 50.3 Å². The molecular weight excluding hydrogens is 1150 g/mol. The maximum Gasteiger partial charge on any atom is 0.0164 e. The zero-order chi connectivity index (χ0) is 64.3. The van der Waals surface area contributed by atoms with Gasteiger partial charge < -0.3 is 0 Å². The Bertz CT molecular complexity index is 1180. The van der Waals surface area contributed by atoms with Crippen LogP contribution >= 0.6 is 12.4 Å². The van der Waals surface area contributed by atoms with Crippen LogP contribution in [-0.4, -0.2) is 24.6 Å². The van der Waals surface area contributed by atoms with Gasteiger partial charge in [0, 0.05) is 12.4 Å². The first kappa shape index (κ1) is 90.3. The van der Waals surface area contributed by atoms with Gasteiger partial charge in [0.1, 0.15) is 0 Å². The van der Waals surface area contributed by atoms with Crippen LogP contribution in [0.3, 0.4) is 0 Å². The molecule has 0 rings (SSSR count). The number of nitrogens with one attached hydrogen (secondary N) is 1. The molecule has 0 bridgehead atoms. The Balaban J connectivity index is 5.13. The van der Waals surface area contributed by atoms with Gasteiger partial charge in [-0.1, -0.05) is 514 Å². The molecule has 0 spiro atoms. The van der Waals surface area contributed by atoms with Gasteiger partial charge in [-0.15, -0.1) is 0 Å². The van der Waals surface area contributed by atoms with E-state index in [4.69, 9.17) is 23.6 Å². The van der Waals surface area contributed by atoms with Crippen LogP contribution in [0.2, 0.25) is 0 Å². The normalized spacial score (nSPS) is 12.2. The summed E-state index contributed by atoms with van der Waals surface area (Å²) in [5, 5.41) is 0. The Morgan fingerprint density at radius 3 is 0.303 bits per heavy atom. The summed E-state index contributed by atoms with van der Waals surface area (Å²) in [5.74, 6) is 0. The summed E-state index contributed by atoms with van der Waals surface area (Å²) in [5.41, 5.74) is 0. The summed E-state index contributed by atoms with van der Waals surface area (Å²) in [4.78, 5) is 4.49. The van der Waals surface area contributed by atoms with Crippen molar-refractivity contribution in [3.63, 3.8) is 0 Å². The summed E-state index contributed by atoms with van der Waals surface area (Å²) >= 11 is 14.0. The summed E-state index contributed by atoms with van der Waals surface area (Å²) in [6.45, 7) is 9.30. The second-order valence-electron chi connectivity index (χ2n) is 30.2. The molecule has 1 N–H and O–H groups in total. The van der Waals surface area contributed by atoms with E-state index < -0.39 is 12.4 Å². The number of rotatable bonds is 82. The molecule has 0 aliphatic heterocycles. The third-order valence-electron chi connectivity index (χ3n) is 20.9. The Hall–Kier alpha value is 1.26. The molecule has 1 nitrogen and oxygen atoms in total. The first-order valence-corrected chi connectivity index (χ1v) is 49.3. The fraction of sp³-hybridized carbons (Fsp3) is 1.00. The fourth-order valence-corrected chi connectivity index (χ4v) is 27.0. The lowest BCUT2D eigenvalue weighted by Gasteiger charge is -2.33. The molecular formula is C84H173NP2S2. The maximum absolute atomic E-state index is 7.00. The largest absolute Gasteiger partial charge is 0.259 e. The molecule has 0 unspecified atom stereocenters. The molecule has 89 heavy (non-hydrogen) atoms. The maximum atomic E-state index is 7.00. The van der Waals surface area contributed by atoms with Crippen molar-refractivity contribution in [1.29, 1.82) is 0 Å². The molecule has 0 aliphatic carbocycles. The molecule has 0 aliphatic rings. The predicted octanol–water partition coefficient (Wildman–Crippen LogP) is 33.1. The summed E-state index contributed by atoms with van der Waals surface area (Å²) < 4.78 is 0. The molecule has 0 aromatic rings. The molecule has 536 valence electrons. The fourth-order valence-electron chi connectivity index (χ4n) is 14.5. The molecule has 0 atom stereocenters. The molecule has 0 radical (unpaired) electrons. The zero-order valence-corrected chi connectivity index (χ0v) is 66.2. The lowest BCUT2D eigenvalue weighted by atomic mass is 10.0. The first-order valence-electron chi connectivity index (χ1n) is 42.9. The van der Waals surface area contributed by atoms with Crippen LogP contribution in [0.25, 0.3) is 0 Å². The number of hydrogen-bond donors (Lipinski definition) is 1. The standard InChI is InChI=1S/C84H173NP2S2/c1-5-9-13-17-21-25-29-33-37-41-45-49-53-57-61-65-69-73-77-81-86(88,82-78-74-70-66-62-58-54-50-46-42-38-34-30-26-22-18-14-10-6-2)85-87(89,83-79-75-71-67-63-59-55-51-47-43-39-35-31-27-23-19-15-11-7-3)84-80-76-72-68-64-60-56-52-48-44-40-36-32-28-24-20-16-12-8-4/h5-84H2,1-4H3,(H,85,88,89). The van der Waals surface area contributed by atoms with E-state index in [1.807, 2.05) is 0 Å². The second kappa shape index (κ2) is 78.3. The minimum absolute atomic E-state index is 1.27. The van der Waals surface area contributed by atoms with E-state index in [9.17, 15) is 0 Å². The Morgan fingerprint density at radius 2 is 0.213 bits per heavy atom. The highest BCUT2D eigenvalue weighted by molar-refractivity contribution is 8.22. The predicted molar refractivity (Wildman–Crippen MR) is 425 cm³/mol. The van der Waals surface area contributed by atoms with Gasteiger partial charge >= 0.3 is 0 Å². The highest BCUT2D eigenvalue weighted by Crippen LogP contribution is 2.57. The van der Waals surface area contributed by atoms with Gasteiger partial charge in [0.2, 0.25) is 0 Å². The monoisotopic (exact) mass is 1320 g/mol. The van der Waals surface area contributed by atoms with Gasteiger partial charge in [0.15, 0.2) is 0 Å². The van der Waals surface area contributed by atoms with Crippen molar-refractivity contribution >= 4 is 36.0 Å². The van der Waals surface area contributed by atoms with Gasteiger partial charge in [-0.2, -0.15) is 0 Å².